The van der Waals surface area contributed by atoms with E-state index in [1.807, 2.05) is 0 Å². The molecule has 1 aromatic heterocycles. The van der Waals surface area contributed by atoms with Crippen LogP contribution in [0.2, 0.25) is 0 Å². The molecule has 6 nitrogen and oxygen atoms in total. The summed E-state index contributed by atoms with van der Waals surface area (Å²) in [6, 6.07) is 0. The minimum absolute atomic E-state index is 0.0258. The molecule has 1 saturated heterocycles. The monoisotopic (exact) mass is 311 g/mol. The van der Waals surface area contributed by atoms with E-state index in [1.165, 1.54) is 11.3 Å². The summed E-state index contributed by atoms with van der Waals surface area (Å²) >= 11 is 1.52. The Balaban J connectivity index is 1.73. The lowest BCUT2D eigenvalue weighted by Crippen LogP contribution is -2.47. The molecule has 7 heteroatoms. The predicted molar refractivity (Wildman–Crippen MR) is 80.5 cm³/mol. The highest BCUT2D eigenvalue weighted by molar-refractivity contribution is 7.15. The van der Waals surface area contributed by atoms with E-state index >= 15 is 0 Å². The Morgan fingerprint density at radius 3 is 3.05 bits per heavy atom. The van der Waals surface area contributed by atoms with Crippen LogP contribution >= 0.6 is 11.3 Å². The van der Waals surface area contributed by atoms with Crippen molar-refractivity contribution in [3.63, 3.8) is 0 Å². The molecule has 2 N–H and O–H groups in total. The Morgan fingerprint density at radius 2 is 2.33 bits per heavy atom. The lowest BCUT2D eigenvalue weighted by molar-refractivity contribution is -0.130. The number of methoxy groups -OCH3 is 1. The van der Waals surface area contributed by atoms with Crippen LogP contribution in [0.3, 0.4) is 0 Å². The molecule has 1 fully saturated rings. The van der Waals surface area contributed by atoms with E-state index in [4.69, 9.17) is 9.47 Å². The number of thiazole rings is 1. The summed E-state index contributed by atoms with van der Waals surface area (Å²) < 4.78 is 10.7. The fraction of sp³-hybridized carbons (Fsp3) is 0.714. The third kappa shape index (κ3) is 3.11. The van der Waals surface area contributed by atoms with Crippen LogP contribution < -0.4 is 10.6 Å². The predicted octanol–water partition coefficient (Wildman–Crippen LogP) is 1.17. The number of carbonyl (C=O) groups excluding carboxylic acids is 1. The molecule has 3 heterocycles. The van der Waals surface area contributed by atoms with Gasteiger partial charge in [-0.1, -0.05) is 11.3 Å². The maximum atomic E-state index is 12.7. The number of fused-ring (bicyclic) bond motifs is 1. The molecule has 116 valence electrons. The molecule has 0 saturated carbocycles. The van der Waals surface area contributed by atoms with Crippen LogP contribution in [0.4, 0.5) is 5.13 Å². The molecule has 0 atom stereocenters. The Labute approximate surface area is 128 Å². The number of hydrogen-bond donors (Lipinski definition) is 2. The first-order valence-electron chi connectivity index (χ1n) is 7.31. The minimum Gasteiger partial charge on any atom is -0.384 e. The normalized spacial score (nSPS) is 20.8. The minimum atomic E-state index is -0.442. The number of carbonyl (C=O) groups is 1. The van der Waals surface area contributed by atoms with Crippen molar-refractivity contribution in [1.29, 1.82) is 0 Å². The number of ether oxygens (including phenoxy) is 2. The second-order valence-corrected chi connectivity index (χ2v) is 6.69. The van der Waals surface area contributed by atoms with E-state index in [9.17, 15) is 4.79 Å². The molecule has 0 bridgehead atoms. The Morgan fingerprint density at radius 1 is 1.52 bits per heavy atom. The Kier molecular flexibility index (Phi) is 4.54. The van der Waals surface area contributed by atoms with Gasteiger partial charge in [0.25, 0.3) is 0 Å². The van der Waals surface area contributed by atoms with Crippen LogP contribution in [0.25, 0.3) is 0 Å². The second kappa shape index (κ2) is 6.39. The van der Waals surface area contributed by atoms with E-state index in [-0.39, 0.29) is 5.91 Å². The fourth-order valence-corrected chi connectivity index (χ4v) is 3.87. The lowest BCUT2D eigenvalue weighted by Gasteiger charge is -2.35. The van der Waals surface area contributed by atoms with Crippen LogP contribution in [-0.2, 0) is 27.3 Å². The van der Waals surface area contributed by atoms with Crippen molar-refractivity contribution in [2.24, 2.45) is 5.41 Å². The molecule has 0 aliphatic carbocycles. The quantitative estimate of drug-likeness (QED) is 0.873. The lowest BCUT2D eigenvalue weighted by atomic mass is 9.79. The molecule has 0 radical (unpaired) electrons. The number of rotatable bonds is 4. The average molecular weight is 311 g/mol. The highest BCUT2D eigenvalue weighted by Crippen LogP contribution is 2.33. The number of nitrogens with one attached hydrogen (secondary N) is 2. The maximum Gasteiger partial charge on any atom is 0.234 e. The molecule has 1 aromatic rings. The Hall–Kier alpha value is -1.02. The van der Waals surface area contributed by atoms with Gasteiger partial charge in [-0.15, -0.1) is 0 Å². The first kappa shape index (κ1) is 14.9. The van der Waals surface area contributed by atoms with E-state index in [1.54, 1.807) is 7.11 Å². The highest BCUT2D eigenvalue weighted by Gasteiger charge is 2.40. The van der Waals surface area contributed by atoms with Crippen molar-refractivity contribution in [1.82, 2.24) is 10.3 Å². The summed E-state index contributed by atoms with van der Waals surface area (Å²) in [6.45, 7) is 3.46. The molecule has 2 aliphatic heterocycles. The number of hydrogen-bond acceptors (Lipinski definition) is 6. The molecule has 0 aromatic carbocycles. The standard InChI is InChI=1S/C14H21N3O3S/c1-19-9-14(3-5-15-6-4-14)12(18)17-13-16-10-2-7-20-8-11(10)21-13/h15H,2-9H2,1H3,(H,16,17,18). The molecule has 2 aliphatic rings. The summed E-state index contributed by atoms with van der Waals surface area (Å²) in [5, 5.41) is 6.98. The van der Waals surface area contributed by atoms with Crippen LogP contribution in [0, 0.1) is 5.41 Å². The van der Waals surface area contributed by atoms with Crippen molar-refractivity contribution in [2.75, 3.05) is 38.7 Å². The summed E-state index contributed by atoms with van der Waals surface area (Å²) in [5.41, 5.74) is 0.621. The van der Waals surface area contributed by atoms with Gasteiger partial charge in [0.2, 0.25) is 5.91 Å². The van der Waals surface area contributed by atoms with E-state index in [0.29, 0.717) is 25.0 Å². The number of aromatic nitrogens is 1. The van der Waals surface area contributed by atoms with Gasteiger partial charge in [0.1, 0.15) is 0 Å². The molecule has 21 heavy (non-hydrogen) atoms. The smallest absolute Gasteiger partial charge is 0.234 e. The van der Waals surface area contributed by atoms with Gasteiger partial charge in [0, 0.05) is 13.5 Å². The van der Waals surface area contributed by atoms with Gasteiger partial charge in [-0.3, -0.25) is 4.79 Å². The number of amides is 1. The van der Waals surface area contributed by atoms with Crippen molar-refractivity contribution in [3.05, 3.63) is 10.6 Å². The van der Waals surface area contributed by atoms with Crippen molar-refractivity contribution in [3.8, 4) is 0 Å². The zero-order valence-electron chi connectivity index (χ0n) is 12.2. The number of anilines is 1. The van der Waals surface area contributed by atoms with E-state index < -0.39 is 5.41 Å². The largest absolute Gasteiger partial charge is 0.384 e. The SMILES string of the molecule is COCC1(C(=O)Nc2nc3c(s2)COCC3)CCNCC1. The van der Waals surface area contributed by atoms with Gasteiger partial charge in [0.05, 0.1) is 35.8 Å². The zero-order chi connectivity index (χ0) is 14.7. The first-order chi connectivity index (χ1) is 10.2. The van der Waals surface area contributed by atoms with Crippen molar-refractivity contribution < 1.29 is 14.3 Å². The number of nitrogens with zero attached hydrogens (tertiary/aromatic N) is 1. The van der Waals surface area contributed by atoms with Crippen molar-refractivity contribution >= 4 is 22.4 Å². The topological polar surface area (TPSA) is 72.5 Å². The summed E-state index contributed by atoms with van der Waals surface area (Å²) in [6.07, 6.45) is 2.41. The molecule has 3 rings (SSSR count). The zero-order valence-corrected chi connectivity index (χ0v) is 13.1. The molecular weight excluding hydrogens is 290 g/mol. The molecule has 0 spiro atoms. The van der Waals surface area contributed by atoms with Gasteiger partial charge < -0.3 is 20.1 Å². The van der Waals surface area contributed by atoms with Gasteiger partial charge in [-0.25, -0.2) is 4.98 Å². The fourth-order valence-electron chi connectivity index (χ4n) is 2.93. The van der Waals surface area contributed by atoms with Crippen LogP contribution in [-0.4, -0.2) is 44.3 Å². The first-order valence-corrected chi connectivity index (χ1v) is 8.13. The summed E-state index contributed by atoms with van der Waals surface area (Å²) in [4.78, 5) is 18.4. The van der Waals surface area contributed by atoms with E-state index in [0.717, 1.165) is 42.9 Å². The Bertz CT molecular complexity index is 483. The van der Waals surface area contributed by atoms with Crippen LogP contribution in [0.1, 0.15) is 23.4 Å². The highest BCUT2D eigenvalue weighted by atomic mass is 32.1. The maximum absolute atomic E-state index is 12.7. The molecule has 0 unspecified atom stereocenters. The van der Waals surface area contributed by atoms with Crippen molar-refractivity contribution in [2.45, 2.75) is 25.9 Å². The molecule has 1 amide bonds. The summed E-state index contributed by atoms with van der Waals surface area (Å²) in [7, 11) is 1.65. The second-order valence-electron chi connectivity index (χ2n) is 5.61. The van der Waals surface area contributed by atoms with Gasteiger partial charge in [0.15, 0.2) is 5.13 Å². The van der Waals surface area contributed by atoms with Gasteiger partial charge in [-0.2, -0.15) is 0 Å². The molecular formula is C14H21N3O3S. The average Bonchev–Trinajstić information content (AvgIpc) is 2.90. The third-order valence-corrected chi connectivity index (χ3v) is 5.16. The summed E-state index contributed by atoms with van der Waals surface area (Å²) in [5.74, 6) is 0.0258. The van der Waals surface area contributed by atoms with Crippen LogP contribution in [0.15, 0.2) is 0 Å². The van der Waals surface area contributed by atoms with Gasteiger partial charge >= 0.3 is 0 Å². The number of piperidine rings is 1. The van der Waals surface area contributed by atoms with Gasteiger partial charge in [-0.05, 0) is 25.9 Å². The van der Waals surface area contributed by atoms with Crippen LogP contribution in [0.5, 0.6) is 0 Å². The third-order valence-electron chi connectivity index (χ3n) is 4.18. The van der Waals surface area contributed by atoms with E-state index in [2.05, 4.69) is 15.6 Å².